The number of hydrogen-bond acceptors (Lipinski definition) is 2. The molecule has 0 aliphatic carbocycles. The van der Waals surface area contributed by atoms with E-state index in [0.717, 1.165) is 11.0 Å². The predicted molar refractivity (Wildman–Crippen MR) is 67.7 cm³/mol. The van der Waals surface area contributed by atoms with Crippen LogP contribution in [0, 0.1) is 5.92 Å². The number of aryl methyl sites for hydroxylation is 1. The van der Waals surface area contributed by atoms with Gasteiger partial charge >= 0.3 is 0 Å². The first-order chi connectivity index (χ1) is 7.04. The van der Waals surface area contributed by atoms with Crippen LogP contribution in [0.3, 0.4) is 0 Å². The Bertz CT molecular complexity index is 375. The summed E-state index contributed by atoms with van der Waals surface area (Å²) in [6.07, 6.45) is 1.77. The van der Waals surface area contributed by atoms with Crippen molar-refractivity contribution in [2.45, 2.75) is 19.9 Å². The predicted octanol–water partition coefficient (Wildman–Crippen LogP) is 2.22. The van der Waals surface area contributed by atoms with E-state index in [1.807, 2.05) is 6.07 Å². The van der Waals surface area contributed by atoms with E-state index in [-0.39, 0.29) is 5.56 Å². The molecule has 0 aromatic carbocycles. The lowest BCUT2D eigenvalue weighted by molar-refractivity contribution is 0.572. The van der Waals surface area contributed by atoms with Crippen molar-refractivity contribution in [2.24, 2.45) is 13.0 Å². The van der Waals surface area contributed by atoms with Crippen LogP contribution >= 0.6 is 15.9 Å². The zero-order chi connectivity index (χ0) is 11.4. The zero-order valence-electron chi connectivity index (χ0n) is 9.33. The Morgan fingerprint density at radius 3 is 2.73 bits per heavy atom. The highest BCUT2D eigenvalue weighted by Gasteiger charge is 2.10. The quantitative estimate of drug-likeness (QED) is 0.853. The minimum atomic E-state index is 0.0127. The molecule has 1 rings (SSSR count). The van der Waals surface area contributed by atoms with E-state index >= 15 is 0 Å². The van der Waals surface area contributed by atoms with Crippen molar-refractivity contribution in [1.29, 1.82) is 0 Å². The molecule has 0 bridgehead atoms. The van der Waals surface area contributed by atoms with Crippen molar-refractivity contribution in [1.82, 2.24) is 4.57 Å². The summed E-state index contributed by atoms with van der Waals surface area (Å²) in [5.41, 5.74) is 0.900. The van der Waals surface area contributed by atoms with Crippen molar-refractivity contribution in [3.63, 3.8) is 0 Å². The van der Waals surface area contributed by atoms with Crippen LogP contribution in [-0.4, -0.2) is 15.9 Å². The maximum Gasteiger partial charge on any atom is 0.252 e. The van der Waals surface area contributed by atoms with Gasteiger partial charge in [-0.1, -0.05) is 22.9 Å². The topological polar surface area (TPSA) is 34.0 Å². The second kappa shape index (κ2) is 5.35. The first-order valence-corrected chi connectivity index (χ1v) is 6.16. The highest BCUT2D eigenvalue weighted by molar-refractivity contribution is 9.09. The summed E-state index contributed by atoms with van der Waals surface area (Å²) in [6.45, 7) is 4.27. The van der Waals surface area contributed by atoms with Crippen molar-refractivity contribution in [3.05, 3.63) is 28.7 Å². The summed E-state index contributed by atoms with van der Waals surface area (Å²) >= 11 is 3.45. The lowest BCUT2D eigenvalue weighted by atomic mass is 10.1. The van der Waals surface area contributed by atoms with E-state index in [1.165, 1.54) is 0 Å². The molecule has 0 aliphatic rings. The average molecular weight is 273 g/mol. The van der Waals surface area contributed by atoms with Crippen LogP contribution in [0.1, 0.15) is 13.8 Å². The van der Waals surface area contributed by atoms with Crippen molar-refractivity contribution in [2.75, 3.05) is 10.6 Å². The summed E-state index contributed by atoms with van der Waals surface area (Å²) in [5, 5.41) is 4.27. The summed E-state index contributed by atoms with van der Waals surface area (Å²) in [6, 6.07) is 3.88. The molecule has 0 fully saturated rings. The number of pyridine rings is 1. The van der Waals surface area contributed by atoms with Crippen LogP contribution in [-0.2, 0) is 7.05 Å². The van der Waals surface area contributed by atoms with E-state index in [1.54, 1.807) is 23.9 Å². The molecule has 84 valence electrons. The Kier molecular flexibility index (Phi) is 4.39. The minimum Gasteiger partial charge on any atom is -0.382 e. The number of hydrogen-bond donors (Lipinski definition) is 1. The fourth-order valence-electron chi connectivity index (χ4n) is 1.18. The van der Waals surface area contributed by atoms with Crippen LogP contribution in [0.15, 0.2) is 23.1 Å². The molecule has 0 spiro atoms. The Labute approximate surface area is 98.6 Å². The Morgan fingerprint density at radius 1 is 1.53 bits per heavy atom. The van der Waals surface area contributed by atoms with Crippen molar-refractivity contribution in [3.8, 4) is 0 Å². The third-order valence-electron chi connectivity index (χ3n) is 2.60. The lowest BCUT2D eigenvalue weighted by Gasteiger charge is -2.20. The highest BCUT2D eigenvalue weighted by atomic mass is 79.9. The fourth-order valence-corrected chi connectivity index (χ4v) is 1.74. The second-order valence-corrected chi connectivity index (χ2v) is 4.58. The number of aromatic nitrogens is 1. The Hall–Kier alpha value is -0.770. The van der Waals surface area contributed by atoms with Gasteiger partial charge < -0.3 is 9.88 Å². The molecule has 0 saturated heterocycles. The third-order valence-corrected chi connectivity index (χ3v) is 3.62. The average Bonchev–Trinajstić information content (AvgIpc) is 2.22. The number of anilines is 1. The summed E-state index contributed by atoms with van der Waals surface area (Å²) in [7, 11) is 1.75. The molecule has 0 radical (unpaired) electrons. The Morgan fingerprint density at radius 2 is 2.20 bits per heavy atom. The first-order valence-electron chi connectivity index (χ1n) is 5.03. The van der Waals surface area contributed by atoms with E-state index < -0.39 is 0 Å². The molecule has 1 aromatic heterocycles. The molecule has 2 unspecified atom stereocenters. The minimum absolute atomic E-state index is 0.0127. The van der Waals surface area contributed by atoms with Crippen LogP contribution < -0.4 is 10.9 Å². The largest absolute Gasteiger partial charge is 0.382 e. The third kappa shape index (κ3) is 3.38. The molecule has 1 aromatic rings. The van der Waals surface area contributed by atoms with Gasteiger partial charge in [0.15, 0.2) is 0 Å². The van der Waals surface area contributed by atoms with Gasteiger partial charge in [0.2, 0.25) is 0 Å². The highest BCUT2D eigenvalue weighted by Crippen LogP contribution is 2.12. The normalized spacial score (nSPS) is 14.7. The molecule has 15 heavy (non-hydrogen) atoms. The van der Waals surface area contributed by atoms with Gasteiger partial charge in [0.25, 0.3) is 5.56 Å². The molecular formula is C11H17BrN2O. The molecule has 1 heterocycles. The standard InChI is InChI=1S/C11H17BrN2O/c1-8(7-12)9(2)13-10-4-5-14(3)11(15)6-10/h4-6,8-9,13H,7H2,1-3H3. The van der Waals surface area contributed by atoms with Crippen LogP contribution in [0.4, 0.5) is 5.69 Å². The summed E-state index contributed by atoms with van der Waals surface area (Å²) in [5.74, 6) is 0.522. The zero-order valence-corrected chi connectivity index (χ0v) is 10.9. The second-order valence-electron chi connectivity index (χ2n) is 3.93. The number of alkyl halides is 1. The number of nitrogens with zero attached hydrogens (tertiary/aromatic N) is 1. The molecular weight excluding hydrogens is 256 g/mol. The van der Waals surface area contributed by atoms with Gasteiger partial charge in [0.05, 0.1) is 0 Å². The molecule has 0 aliphatic heterocycles. The van der Waals surface area contributed by atoms with Crippen LogP contribution in [0.5, 0.6) is 0 Å². The van der Waals surface area contributed by atoms with Crippen LogP contribution in [0.2, 0.25) is 0 Å². The molecule has 3 nitrogen and oxygen atoms in total. The monoisotopic (exact) mass is 272 g/mol. The maximum absolute atomic E-state index is 11.4. The molecule has 0 amide bonds. The maximum atomic E-state index is 11.4. The number of nitrogens with one attached hydrogen (secondary N) is 1. The van der Waals surface area contributed by atoms with E-state index in [9.17, 15) is 4.79 Å². The molecule has 1 N–H and O–H groups in total. The van der Waals surface area contributed by atoms with E-state index in [0.29, 0.717) is 12.0 Å². The summed E-state index contributed by atoms with van der Waals surface area (Å²) in [4.78, 5) is 11.4. The fraction of sp³-hybridized carbons (Fsp3) is 0.545. The number of halogens is 1. The number of rotatable bonds is 4. The van der Waals surface area contributed by atoms with Crippen molar-refractivity contribution >= 4 is 21.6 Å². The van der Waals surface area contributed by atoms with Gasteiger partial charge in [-0.2, -0.15) is 0 Å². The van der Waals surface area contributed by atoms with Gasteiger partial charge in [-0.15, -0.1) is 0 Å². The molecule has 2 atom stereocenters. The smallest absolute Gasteiger partial charge is 0.252 e. The summed E-state index contributed by atoms with van der Waals surface area (Å²) < 4.78 is 1.56. The van der Waals surface area contributed by atoms with Gasteiger partial charge in [-0.3, -0.25) is 4.79 Å². The van der Waals surface area contributed by atoms with Gasteiger partial charge in [-0.25, -0.2) is 0 Å². The van der Waals surface area contributed by atoms with E-state index in [4.69, 9.17) is 0 Å². The van der Waals surface area contributed by atoms with Gasteiger partial charge in [-0.05, 0) is 18.9 Å². The SMILES string of the molecule is CC(CBr)C(C)Nc1ccn(C)c(=O)c1. The Balaban J connectivity index is 2.73. The van der Waals surface area contributed by atoms with Gasteiger partial charge in [0, 0.05) is 36.4 Å². The molecule has 4 heteroatoms. The van der Waals surface area contributed by atoms with Gasteiger partial charge in [0.1, 0.15) is 0 Å². The van der Waals surface area contributed by atoms with Crippen molar-refractivity contribution < 1.29 is 0 Å². The lowest BCUT2D eigenvalue weighted by Crippen LogP contribution is -2.26. The van der Waals surface area contributed by atoms with Crippen LogP contribution in [0.25, 0.3) is 0 Å². The molecule has 0 saturated carbocycles. The first kappa shape index (κ1) is 12.3. The van der Waals surface area contributed by atoms with E-state index in [2.05, 4.69) is 35.1 Å².